The summed E-state index contributed by atoms with van der Waals surface area (Å²) in [4.78, 5) is 49.6. The summed E-state index contributed by atoms with van der Waals surface area (Å²) in [6.45, 7) is 18.5. The maximum atomic E-state index is 13.3. The van der Waals surface area contributed by atoms with E-state index >= 15 is 0 Å². The fourth-order valence-electron chi connectivity index (χ4n) is 3.22. The minimum absolute atomic E-state index is 0.154. The van der Waals surface area contributed by atoms with Crippen LogP contribution in [-0.2, 0) is 14.2 Å². The highest BCUT2D eigenvalue weighted by molar-refractivity contribution is 5.99. The van der Waals surface area contributed by atoms with Gasteiger partial charge < -0.3 is 28.9 Å². The van der Waals surface area contributed by atoms with Gasteiger partial charge in [0.05, 0.1) is 0 Å². The molecule has 1 aliphatic rings. The molecule has 11 heteroatoms. The first kappa shape index (κ1) is 31.5. The van der Waals surface area contributed by atoms with Crippen LogP contribution in [0, 0.1) is 0 Å². The summed E-state index contributed by atoms with van der Waals surface area (Å²) in [6.07, 6.45) is -1.16. The number of piperazine rings is 1. The molecule has 0 saturated carbocycles. The van der Waals surface area contributed by atoms with Gasteiger partial charge in [-0.05, 0) is 89.4 Å². The molecular weight excluding hydrogens is 466 g/mol. The van der Waals surface area contributed by atoms with Crippen molar-refractivity contribution in [3.63, 3.8) is 0 Å². The molecule has 208 valence electrons. The molecule has 0 aromatic carbocycles. The van der Waals surface area contributed by atoms with Crippen LogP contribution in [0.1, 0.15) is 68.7 Å². The van der Waals surface area contributed by atoms with E-state index in [2.05, 4.69) is 4.99 Å². The average molecular weight is 514 g/mol. The Morgan fingerprint density at radius 3 is 1.64 bits per heavy atom. The third-order valence-corrected chi connectivity index (χ3v) is 4.64. The van der Waals surface area contributed by atoms with Crippen LogP contribution in [0.4, 0.5) is 14.4 Å². The molecule has 0 aromatic heterocycles. The van der Waals surface area contributed by atoms with Crippen LogP contribution in [0.15, 0.2) is 4.99 Å². The molecule has 1 fully saturated rings. The highest BCUT2D eigenvalue weighted by Gasteiger charge is 2.34. The summed E-state index contributed by atoms with van der Waals surface area (Å²) in [5, 5.41) is 0. The molecule has 0 unspecified atom stereocenters. The number of guanidine groups is 1. The zero-order valence-electron chi connectivity index (χ0n) is 24.1. The SMILES string of the molecule is CN(C)CCCN(C(=O)OC(C)(C)C)/C(=N\C(=O)OC(C)(C)C)N1CCN(C(=O)OC(C)(C)C)CC1. The quantitative estimate of drug-likeness (QED) is 0.315. The molecule has 0 bridgehead atoms. The molecule has 1 aliphatic heterocycles. The second kappa shape index (κ2) is 12.6. The van der Waals surface area contributed by atoms with Crippen molar-refractivity contribution in [2.24, 2.45) is 4.99 Å². The van der Waals surface area contributed by atoms with E-state index in [-0.39, 0.29) is 5.96 Å². The molecule has 1 rings (SSSR count). The number of amides is 3. The van der Waals surface area contributed by atoms with E-state index in [1.165, 1.54) is 4.90 Å². The van der Waals surface area contributed by atoms with Crippen molar-refractivity contribution in [3.05, 3.63) is 0 Å². The maximum Gasteiger partial charge on any atom is 0.437 e. The zero-order chi connectivity index (χ0) is 27.9. The second-order valence-corrected chi connectivity index (χ2v) is 12.1. The standard InChI is InChI=1S/C25H47N5O6/c1-23(2,3)34-20(31)26-19(28-15-17-29(18-16-28)21(32)35-24(4,5)6)30(14-12-13-27(10)11)22(33)36-25(7,8)9/h12-18H2,1-11H3/b26-19-. The largest absolute Gasteiger partial charge is 0.444 e. The monoisotopic (exact) mass is 513 g/mol. The number of aliphatic imine (C=N–C) groups is 1. The van der Waals surface area contributed by atoms with E-state index in [0.717, 1.165) is 6.54 Å². The number of nitrogens with zero attached hydrogens (tertiary/aromatic N) is 5. The fraction of sp³-hybridized carbons (Fsp3) is 0.840. The lowest BCUT2D eigenvalue weighted by molar-refractivity contribution is 0.0159. The van der Waals surface area contributed by atoms with Crippen molar-refractivity contribution in [3.8, 4) is 0 Å². The predicted molar refractivity (Wildman–Crippen MR) is 139 cm³/mol. The van der Waals surface area contributed by atoms with Gasteiger partial charge in [0, 0.05) is 32.7 Å². The van der Waals surface area contributed by atoms with E-state index in [1.54, 1.807) is 46.4 Å². The number of hydrogen-bond acceptors (Lipinski definition) is 7. The molecule has 0 N–H and O–H groups in total. The van der Waals surface area contributed by atoms with E-state index in [0.29, 0.717) is 39.1 Å². The predicted octanol–water partition coefficient (Wildman–Crippen LogP) is 4.02. The molecule has 11 nitrogen and oxygen atoms in total. The summed E-state index contributed by atoms with van der Waals surface area (Å²) in [5.41, 5.74) is -2.08. The minimum Gasteiger partial charge on any atom is -0.444 e. The van der Waals surface area contributed by atoms with Crippen LogP contribution in [-0.4, -0.2) is 114 Å². The maximum absolute atomic E-state index is 13.3. The van der Waals surface area contributed by atoms with Crippen molar-refractivity contribution in [2.75, 3.05) is 53.4 Å². The summed E-state index contributed by atoms with van der Waals surface area (Å²) < 4.78 is 16.6. The number of rotatable bonds is 4. The molecule has 36 heavy (non-hydrogen) atoms. The smallest absolute Gasteiger partial charge is 0.437 e. The molecular formula is C25H47N5O6. The van der Waals surface area contributed by atoms with E-state index < -0.39 is 35.1 Å². The van der Waals surface area contributed by atoms with Crippen LogP contribution >= 0.6 is 0 Å². The first-order valence-electron chi connectivity index (χ1n) is 12.5. The van der Waals surface area contributed by atoms with Crippen molar-refractivity contribution in [1.82, 2.24) is 19.6 Å². The Morgan fingerprint density at radius 2 is 1.19 bits per heavy atom. The van der Waals surface area contributed by atoms with Crippen LogP contribution in [0.25, 0.3) is 0 Å². The lowest BCUT2D eigenvalue weighted by Crippen LogP contribution is -2.57. The normalized spacial score (nSPS) is 15.6. The van der Waals surface area contributed by atoms with Gasteiger partial charge in [0.15, 0.2) is 0 Å². The minimum atomic E-state index is -0.798. The van der Waals surface area contributed by atoms with Crippen molar-refractivity contribution < 1.29 is 28.6 Å². The van der Waals surface area contributed by atoms with Gasteiger partial charge >= 0.3 is 18.3 Å². The Labute approximate surface area is 216 Å². The van der Waals surface area contributed by atoms with Crippen LogP contribution in [0.5, 0.6) is 0 Å². The van der Waals surface area contributed by atoms with Gasteiger partial charge in [-0.15, -0.1) is 4.99 Å². The van der Waals surface area contributed by atoms with Crippen LogP contribution < -0.4 is 0 Å². The van der Waals surface area contributed by atoms with Crippen molar-refractivity contribution in [2.45, 2.75) is 85.5 Å². The number of carbonyl (C=O) groups is 3. The van der Waals surface area contributed by atoms with Gasteiger partial charge in [-0.25, -0.2) is 19.3 Å². The second-order valence-electron chi connectivity index (χ2n) is 12.1. The van der Waals surface area contributed by atoms with E-state index in [9.17, 15) is 14.4 Å². The van der Waals surface area contributed by atoms with E-state index in [4.69, 9.17) is 14.2 Å². The molecule has 0 atom stereocenters. The molecule has 1 saturated heterocycles. The summed E-state index contributed by atoms with van der Waals surface area (Å²) >= 11 is 0. The lowest BCUT2D eigenvalue weighted by atomic mass is 10.2. The number of ether oxygens (including phenoxy) is 3. The topological polar surface area (TPSA) is 104 Å². The Morgan fingerprint density at radius 1 is 0.722 bits per heavy atom. The highest BCUT2D eigenvalue weighted by Crippen LogP contribution is 2.17. The Kier molecular flexibility index (Phi) is 11.0. The Bertz CT molecular complexity index is 784. The first-order valence-corrected chi connectivity index (χ1v) is 12.5. The van der Waals surface area contributed by atoms with Crippen LogP contribution in [0.3, 0.4) is 0 Å². The number of hydrogen-bond donors (Lipinski definition) is 0. The average Bonchev–Trinajstić information content (AvgIpc) is 2.65. The van der Waals surface area contributed by atoms with Gasteiger partial charge in [0.25, 0.3) is 0 Å². The summed E-state index contributed by atoms with van der Waals surface area (Å²) in [5.74, 6) is 0.154. The van der Waals surface area contributed by atoms with E-state index in [1.807, 2.05) is 44.7 Å². The Hall–Kier alpha value is -2.56. The van der Waals surface area contributed by atoms with Gasteiger partial charge in [-0.3, -0.25) is 0 Å². The van der Waals surface area contributed by atoms with Crippen molar-refractivity contribution >= 4 is 24.2 Å². The zero-order valence-corrected chi connectivity index (χ0v) is 24.1. The molecule has 3 amide bonds. The van der Waals surface area contributed by atoms with Gasteiger partial charge in [-0.2, -0.15) is 0 Å². The van der Waals surface area contributed by atoms with Gasteiger partial charge in [0.1, 0.15) is 16.8 Å². The number of carbonyl (C=O) groups excluding carboxylic acids is 3. The first-order chi connectivity index (χ1) is 16.3. The molecule has 0 spiro atoms. The third kappa shape index (κ3) is 12.4. The fourth-order valence-corrected chi connectivity index (χ4v) is 3.22. The lowest BCUT2D eigenvalue weighted by Gasteiger charge is -2.39. The Balaban J connectivity index is 3.25. The summed E-state index contributed by atoms with van der Waals surface area (Å²) in [6, 6.07) is 0. The third-order valence-electron chi connectivity index (χ3n) is 4.64. The molecule has 0 aliphatic carbocycles. The highest BCUT2D eigenvalue weighted by atomic mass is 16.6. The molecule has 0 aromatic rings. The molecule has 0 radical (unpaired) electrons. The van der Waals surface area contributed by atoms with Crippen LogP contribution in [0.2, 0.25) is 0 Å². The molecule has 1 heterocycles. The van der Waals surface area contributed by atoms with Crippen molar-refractivity contribution in [1.29, 1.82) is 0 Å². The van der Waals surface area contributed by atoms with Gasteiger partial charge in [-0.1, -0.05) is 0 Å². The summed E-state index contributed by atoms with van der Waals surface area (Å²) in [7, 11) is 3.90. The van der Waals surface area contributed by atoms with Gasteiger partial charge in [0.2, 0.25) is 5.96 Å².